The van der Waals surface area contributed by atoms with Gasteiger partial charge in [0.1, 0.15) is 5.82 Å². The van der Waals surface area contributed by atoms with E-state index in [1.165, 1.54) is 18.2 Å². The molecular weight excluding hydrogens is 309 g/mol. The van der Waals surface area contributed by atoms with Gasteiger partial charge < -0.3 is 4.42 Å². The summed E-state index contributed by atoms with van der Waals surface area (Å²) in [4.78, 5) is 11.8. The fraction of sp³-hybridized carbons (Fsp3) is 0.0556. The number of hydrogen-bond donors (Lipinski definition) is 1. The minimum atomic E-state index is -0.365. The molecule has 0 radical (unpaired) electrons. The zero-order valence-corrected chi connectivity index (χ0v) is 12.6. The number of carbonyl (C=O) groups is 1. The van der Waals surface area contributed by atoms with Gasteiger partial charge in [0, 0.05) is 6.08 Å². The quantitative estimate of drug-likeness (QED) is 0.730. The molecule has 0 saturated heterocycles. The Labute approximate surface area is 137 Å². The minimum Gasteiger partial charge on any atom is -0.407 e. The number of benzene rings is 2. The third-order valence-electron chi connectivity index (χ3n) is 3.19. The number of nitrogens with zero attached hydrogens (tertiary/aromatic N) is 2. The normalized spacial score (nSPS) is 10.9. The number of hydrogen-bond acceptors (Lipinski definition) is 4. The Balaban J connectivity index is 1.58. The van der Waals surface area contributed by atoms with E-state index in [1.807, 2.05) is 30.3 Å². The Bertz CT molecular complexity index is 842. The van der Waals surface area contributed by atoms with E-state index in [9.17, 15) is 9.18 Å². The van der Waals surface area contributed by atoms with Gasteiger partial charge in [0.15, 0.2) is 0 Å². The molecule has 3 rings (SSSR count). The second-order valence-corrected chi connectivity index (χ2v) is 5.04. The Morgan fingerprint density at radius 3 is 2.58 bits per heavy atom. The van der Waals surface area contributed by atoms with Gasteiger partial charge in [-0.05, 0) is 29.3 Å². The summed E-state index contributed by atoms with van der Waals surface area (Å²) in [5, 5.41) is 10.1. The van der Waals surface area contributed by atoms with E-state index in [1.54, 1.807) is 18.2 Å². The predicted octanol–water partition coefficient (Wildman–Crippen LogP) is 3.45. The standard InChI is InChI=1S/C18H14FN3O2/c19-15-9-6-14(7-10-15)12-17-21-22-18(24-17)20-16(23)11-8-13-4-2-1-3-5-13/h1-11H,12H2,(H,20,22,23)/b11-8+. The third-order valence-corrected chi connectivity index (χ3v) is 3.19. The SMILES string of the molecule is O=C(/C=C/c1ccccc1)Nc1nnc(Cc2ccc(F)cc2)o1. The van der Waals surface area contributed by atoms with Crippen molar-refractivity contribution in [3.63, 3.8) is 0 Å². The second-order valence-electron chi connectivity index (χ2n) is 5.04. The van der Waals surface area contributed by atoms with Gasteiger partial charge in [0.25, 0.3) is 5.91 Å². The summed E-state index contributed by atoms with van der Waals surface area (Å²) in [5.74, 6) is -0.331. The van der Waals surface area contributed by atoms with Crippen LogP contribution in [-0.2, 0) is 11.2 Å². The van der Waals surface area contributed by atoms with Crippen molar-refractivity contribution < 1.29 is 13.6 Å². The first-order chi connectivity index (χ1) is 11.7. The number of carbonyl (C=O) groups excluding carboxylic acids is 1. The summed E-state index contributed by atoms with van der Waals surface area (Å²) in [5.41, 5.74) is 1.75. The average Bonchev–Trinajstić information content (AvgIpc) is 3.03. The summed E-state index contributed by atoms with van der Waals surface area (Å²) >= 11 is 0. The summed E-state index contributed by atoms with van der Waals surface area (Å²) in [7, 11) is 0. The molecule has 0 unspecified atom stereocenters. The molecule has 5 nitrogen and oxygen atoms in total. The van der Waals surface area contributed by atoms with Crippen molar-refractivity contribution in [2.24, 2.45) is 0 Å². The lowest BCUT2D eigenvalue weighted by Gasteiger charge is -1.97. The largest absolute Gasteiger partial charge is 0.407 e. The van der Waals surface area contributed by atoms with Crippen molar-refractivity contribution in [2.45, 2.75) is 6.42 Å². The first kappa shape index (κ1) is 15.6. The maximum absolute atomic E-state index is 12.9. The molecule has 1 aromatic heterocycles. The number of halogens is 1. The van der Waals surface area contributed by atoms with Crippen LogP contribution < -0.4 is 5.32 Å². The predicted molar refractivity (Wildman–Crippen MR) is 87.6 cm³/mol. The van der Waals surface area contributed by atoms with Crippen molar-refractivity contribution in [1.82, 2.24) is 10.2 Å². The first-order valence-corrected chi connectivity index (χ1v) is 7.30. The lowest BCUT2D eigenvalue weighted by molar-refractivity contribution is -0.112. The number of anilines is 1. The molecule has 1 N–H and O–H groups in total. The summed E-state index contributed by atoms with van der Waals surface area (Å²) in [6.07, 6.45) is 3.44. The van der Waals surface area contributed by atoms with Crippen molar-refractivity contribution in [2.75, 3.05) is 5.32 Å². The molecule has 0 atom stereocenters. The van der Waals surface area contributed by atoms with Crippen LogP contribution in [0.3, 0.4) is 0 Å². The summed E-state index contributed by atoms with van der Waals surface area (Å²) in [6.45, 7) is 0. The van der Waals surface area contributed by atoms with Crippen LogP contribution in [0.2, 0.25) is 0 Å². The molecule has 1 amide bonds. The van der Waals surface area contributed by atoms with E-state index < -0.39 is 0 Å². The Hall–Kier alpha value is -3.28. The van der Waals surface area contributed by atoms with E-state index in [0.29, 0.717) is 12.3 Å². The van der Waals surface area contributed by atoms with Crippen LogP contribution in [-0.4, -0.2) is 16.1 Å². The molecule has 0 fully saturated rings. The zero-order valence-electron chi connectivity index (χ0n) is 12.6. The fourth-order valence-corrected chi connectivity index (χ4v) is 2.04. The Kier molecular flexibility index (Phi) is 4.76. The summed E-state index contributed by atoms with van der Waals surface area (Å²) < 4.78 is 18.2. The smallest absolute Gasteiger partial charge is 0.322 e. The molecule has 0 bridgehead atoms. The maximum atomic E-state index is 12.9. The molecule has 120 valence electrons. The molecule has 0 saturated carbocycles. The van der Waals surface area contributed by atoms with Gasteiger partial charge in [-0.1, -0.05) is 47.6 Å². The molecular formula is C18H14FN3O2. The maximum Gasteiger partial charge on any atom is 0.322 e. The molecule has 6 heteroatoms. The van der Waals surface area contributed by atoms with Gasteiger partial charge in [0.05, 0.1) is 6.42 Å². The van der Waals surface area contributed by atoms with Gasteiger partial charge >= 0.3 is 6.01 Å². The van der Waals surface area contributed by atoms with Gasteiger partial charge in [-0.3, -0.25) is 10.1 Å². The van der Waals surface area contributed by atoms with E-state index in [-0.39, 0.29) is 17.7 Å². The molecule has 0 aliphatic carbocycles. The molecule has 1 heterocycles. The first-order valence-electron chi connectivity index (χ1n) is 7.30. The highest BCUT2D eigenvalue weighted by atomic mass is 19.1. The van der Waals surface area contributed by atoms with Crippen LogP contribution >= 0.6 is 0 Å². The van der Waals surface area contributed by atoms with Crippen LogP contribution in [0, 0.1) is 5.82 Å². The molecule has 0 spiro atoms. The van der Waals surface area contributed by atoms with Gasteiger partial charge in [-0.25, -0.2) is 4.39 Å². The van der Waals surface area contributed by atoms with Crippen LogP contribution in [0.4, 0.5) is 10.4 Å². The van der Waals surface area contributed by atoms with Crippen molar-refractivity contribution in [3.8, 4) is 0 Å². The van der Waals surface area contributed by atoms with E-state index in [0.717, 1.165) is 11.1 Å². The van der Waals surface area contributed by atoms with Gasteiger partial charge in [-0.2, -0.15) is 0 Å². The van der Waals surface area contributed by atoms with Gasteiger partial charge in [0.2, 0.25) is 5.89 Å². The number of aromatic nitrogens is 2. The second kappa shape index (κ2) is 7.32. The van der Waals surface area contributed by atoms with Gasteiger partial charge in [-0.15, -0.1) is 5.10 Å². The van der Waals surface area contributed by atoms with Crippen LogP contribution in [0.1, 0.15) is 17.0 Å². The highest BCUT2D eigenvalue weighted by molar-refractivity contribution is 6.00. The highest BCUT2D eigenvalue weighted by Gasteiger charge is 2.09. The average molecular weight is 323 g/mol. The van der Waals surface area contributed by atoms with E-state index >= 15 is 0 Å². The van der Waals surface area contributed by atoms with Crippen LogP contribution in [0.25, 0.3) is 6.08 Å². The number of rotatable bonds is 5. The Morgan fingerprint density at radius 2 is 1.83 bits per heavy atom. The highest BCUT2D eigenvalue weighted by Crippen LogP contribution is 2.12. The van der Waals surface area contributed by atoms with Crippen molar-refractivity contribution in [1.29, 1.82) is 0 Å². The van der Waals surface area contributed by atoms with E-state index in [2.05, 4.69) is 15.5 Å². The van der Waals surface area contributed by atoms with Crippen molar-refractivity contribution in [3.05, 3.63) is 83.5 Å². The van der Waals surface area contributed by atoms with Crippen LogP contribution in [0.5, 0.6) is 0 Å². The Morgan fingerprint density at radius 1 is 1.08 bits per heavy atom. The van der Waals surface area contributed by atoms with Crippen molar-refractivity contribution >= 4 is 18.0 Å². The number of nitrogens with one attached hydrogen (secondary N) is 1. The zero-order chi connectivity index (χ0) is 16.8. The summed E-state index contributed by atoms with van der Waals surface area (Å²) in [6, 6.07) is 15.5. The number of amides is 1. The molecule has 2 aromatic carbocycles. The molecule has 24 heavy (non-hydrogen) atoms. The minimum absolute atomic E-state index is 0.0230. The third kappa shape index (κ3) is 4.36. The lowest BCUT2D eigenvalue weighted by atomic mass is 10.1. The van der Waals surface area contributed by atoms with Crippen LogP contribution in [0.15, 0.2) is 65.1 Å². The fourth-order valence-electron chi connectivity index (χ4n) is 2.04. The monoisotopic (exact) mass is 323 g/mol. The molecule has 0 aliphatic heterocycles. The lowest BCUT2D eigenvalue weighted by Crippen LogP contribution is -2.07. The topological polar surface area (TPSA) is 68.0 Å². The molecule has 3 aromatic rings. The molecule has 0 aliphatic rings. The van der Waals surface area contributed by atoms with E-state index in [4.69, 9.17) is 4.42 Å².